The zero-order chi connectivity index (χ0) is 17.3. The highest BCUT2D eigenvalue weighted by Crippen LogP contribution is 2.49. The minimum Gasteiger partial charge on any atom is -0.481 e. The first kappa shape index (κ1) is 16.5. The Morgan fingerprint density at radius 2 is 2.33 bits per heavy atom. The van der Waals surface area contributed by atoms with Crippen LogP contribution in [0.25, 0.3) is 0 Å². The largest absolute Gasteiger partial charge is 0.481 e. The maximum absolute atomic E-state index is 12.6. The zero-order valence-electron chi connectivity index (χ0n) is 14.0. The van der Waals surface area contributed by atoms with E-state index in [1.165, 1.54) is 0 Å². The molecule has 2 heterocycles. The minimum atomic E-state index is -0.785. The Bertz CT molecular complexity index is 663. The fraction of sp³-hybridized carbons (Fsp3) is 0.588. The zero-order valence-corrected chi connectivity index (χ0v) is 14.0. The van der Waals surface area contributed by atoms with Gasteiger partial charge in [-0.05, 0) is 44.2 Å². The van der Waals surface area contributed by atoms with Crippen LogP contribution in [0.2, 0.25) is 0 Å². The second-order valence-electron chi connectivity index (χ2n) is 6.66. The highest BCUT2D eigenvalue weighted by molar-refractivity contribution is 5.91. The summed E-state index contributed by atoms with van der Waals surface area (Å²) in [5, 5.41) is 12.5. The molecule has 24 heavy (non-hydrogen) atoms. The van der Waals surface area contributed by atoms with Gasteiger partial charge in [0, 0.05) is 19.3 Å². The summed E-state index contributed by atoms with van der Waals surface area (Å²) in [5.74, 6) is -0.362. The molecule has 1 saturated carbocycles. The molecule has 0 bridgehead atoms. The van der Waals surface area contributed by atoms with Crippen molar-refractivity contribution in [3.05, 3.63) is 17.8 Å². The van der Waals surface area contributed by atoms with Crippen molar-refractivity contribution in [2.24, 2.45) is 11.3 Å². The van der Waals surface area contributed by atoms with Gasteiger partial charge in [-0.2, -0.15) is 0 Å². The number of pyridine rings is 1. The second-order valence-corrected chi connectivity index (χ2v) is 6.66. The van der Waals surface area contributed by atoms with E-state index in [1.54, 1.807) is 17.2 Å². The molecule has 2 aliphatic rings. The molecule has 7 nitrogen and oxygen atoms in total. The van der Waals surface area contributed by atoms with Gasteiger partial charge in [-0.3, -0.25) is 4.79 Å². The van der Waals surface area contributed by atoms with Crippen molar-refractivity contribution in [2.45, 2.75) is 33.1 Å². The molecule has 1 aliphatic heterocycles. The summed E-state index contributed by atoms with van der Waals surface area (Å²) in [6, 6.07) is 1.51. The number of amides is 2. The maximum atomic E-state index is 12.6. The predicted molar refractivity (Wildman–Crippen MR) is 88.1 cm³/mol. The number of ether oxygens (including phenoxy) is 1. The van der Waals surface area contributed by atoms with Crippen LogP contribution in [-0.2, 0) is 4.79 Å². The number of hydrogen-bond donors (Lipinski definition) is 2. The number of carboxylic acids is 1. The van der Waals surface area contributed by atoms with Crippen LogP contribution in [0.4, 0.5) is 10.5 Å². The fourth-order valence-corrected chi connectivity index (χ4v) is 3.89. The number of carbonyl (C=O) groups is 2. The van der Waals surface area contributed by atoms with Gasteiger partial charge in [0.2, 0.25) is 5.88 Å². The van der Waals surface area contributed by atoms with Crippen LogP contribution in [0.3, 0.4) is 0 Å². The van der Waals surface area contributed by atoms with E-state index in [2.05, 4.69) is 10.3 Å². The number of aliphatic carboxylic acids is 1. The number of anilines is 1. The molecule has 2 fully saturated rings. The van der Waals surface area contributed by atoms with Crippen LogP contribution >= 0.6 is 0 Å². The molecule has 2 atom stereocenters. The molecule has 1 aliphatic carbocycles. The normalized spacial score (nSPS) is 25.4. The van der Waals surface area contributed by atoms with Crippen molar-refractivity contribution in [3.8, 4) is 5.88 Å². The van der Waals surface area contributed by atoms with E-state index in [4.69, 9.17) is 4.74 Å². The van der Waals surface area contributed by atoms with E-state index >= 15 is 0 Å². The van der Waals surface area contributed by atoms with Gasteiger partial charge in [0.05, 0.1) is 12.0 Å². The molecule has 1 saturated heterocycles. The van der Waals surface area contributed by atoms with Crippen LogP contribution in [0.1, 0.15) is 31.7 Å². The van der Waals surface area contributed by atoms with Gasteiger partial charge >= 0.3 is 12.0 Å². The minimum absolute atomic E-state index is 0.0442. The summed E-state index contributed by atoms with van der Waals surface area (Å²) in [6.45, 7) is 4.94. The smallest absolute Gasteiger partial charge is 0.322 e. The SMILES string of the molecule is CCOc1ncc(C)cc1NC(=O)N1C[C@@H]2CCC[C@@]2(C(=O)O)C1. The third-order valence-corrected chi connectivity index (χ3v) is 5.09. The highest BCUT2D eigenvalue weighted by Gasteiger charge is 2.55. The summed E-state index contributed by atoms with van der Waals surface area (Å²) in [7, 11) is 0. The Morgan fingerprint density at radius 3 is 3.00 bits per heavy atom. The Balaban J connectivity index is 1.75. The summed E-state index contributed by atoms with van der Waals surface area (Å²) in [5.41, 5.74) is 0.655. The molecule has 130 valence electrons. The molecule has 2 amide bonds. The average Bonchev–Trinajstić information content (AvgIpc) is 3.08. The van der Waals surface area contributed by atoms with Crippen molar-refractivity contribution in [1.82, 2.24) is 9.88 Å². The molecule has 3 rings (SSSR count). The Kier molecular flexibility index (Phi) is 4.34. The van der Waals surface area contributed by atoms with E-state index < -0.39 is 11.4 Å². The van der Waals surface area contributed by atoms with E-state index in [-0.39, 0.29) is 18.5 Å². The van der Waals surface area contributed by atoms with Crippen molar-refractivity contribution in [2.75, 3.05) is 25.0 Å². The highest BCUT2D eigenvalue weighted by atomic mass is 16.5. The lowest BCUT2D eigenvalue weighted by Crippen LogP contribution is -2.38. The molecule has 0 radical (unpaired) electrons. The topological polar surface area (TPSA) is 91.8 Å². The molecule has 2 N–H and O–H groups in total. The average molecular weight is 333 g/mol. The molecular weight excluding hydrogens is 310 g/mol. The predicted octanol–water partition coefficient (Wildman–Crippen LogP) is 2.51. The Labute approximate surface area is 141 Å². The number of nitrogens with zero attached hydrogens (tertiary/aromatic N) is 2. The van der Waals surface area contributed by atoms with Crippen LogP contribution in [0.15, 0.2) is 12.3 Å². The van der Waals surface area contributed by atoms with Gasteiger partial charge in [0.15, 0.2) is 0 Å². The Morgan fingerprint density at radius 1 is 1.54 bits per heavy atom. The number of likely N-dealkylation sites (tertiary alicyclic amines) is 1. The van der Waals surface area contributed by atoms with E-state index in [0.29, 0.717) is 31.1 Å². The lowest BCUT2D eigenvalue weighted by Gasteiger charge is -2.23. The second kappa shape index (κ2) is 6.30. The van der Waals surface area contributed by atoms with E-state index in [0.717, 1.165) is 18.4 Å². The number of aryl methyl sites for hydroxylation is 1. The number of aromatic nitrogens is 1. The van der Waals surface area contributed by atoms with Gasteiger partial charge in [0.25, 0.3) is 0 Å². The molecule has 0 spiro atoms. The van der Waals surface area contributed by atoms with Gasteiger partial charge in [-0.1, -0.05) is 6.42 Å². The van der Waals surface area contributed by atoms with Gasteiger partial charge in [-0.15, -0.1) is 0 Å². The lowest BCUT2D eigenvalue weighted by atomic mass is 9.81. The third-order valence-electron chi connectivity index (χ3n) is 5.09. The van der Waals surface area contributed by atoms with Crippen LogP contribution in [0, 0.1) is 18.3 Å². The third kappa shape index (κ3) is 2.79. The quantitative estimate of drug-likeness (QED) is 0.883. The van der Waals surface area contributed by atoms with Crippen molar-refractivity contribution >= 4 is 17.7 Å². The Hall–Kier alpha value is -2.31. The maximum Gasteiger partial charge on any atom is 0.322 e. The number of rotatable bonds is 4. The number of carboxylic acid groups (broad SMARTS) is 1. The number of urea groups is 1. The molecule has 1 aromatic heterocycles. The first-order valence-electron chi connectivity index (χ1n) is 8.35. The molecular formula is C17H23N3O4. The molecule has 0 aromatic carbocycles. The number of nitrogens with one attached hydrogen (secondary N) is 1. The fourth-order valence-electron chi connectivity index (χ4n) is 3.89. The number of fused-ring (bicyclic) bond motifs is 1. The molecule has 1 aromatic rings. The monoisotopic (exact) mass is 333 g/mol. The first-order chi connectivity index (χ1) is 11.5. The van der Waals surface area contributed by atoms with Crippen molar-refractivity contribution in [1.29, 1.82) is 0 Å². The number of carbonyl (C=O) groups excluding carboxylic acids is 1. The molecule has 0 unspecified atom stereocenters. The first-order valence-corrected chi connectivity index (χ1v) is 8.35. The van der Waals surface area contributed by atoms with Crippen LogP contribution < -0.4 is 10.1 Å². The van der Waals surface area contributed by atoms with Crippen molar-refractivity contribution < 1.29 is 19.4 Å². The van der Waals surface area contributed by atoms with Crippen molar-refractivity contribution in [3.63, 3.8) is 0 Å². The summed E-state index contributed by atoms with van der Waals surface area (Å²) >= 11 is 0. The van der Waals surface area contributed by atoms with E-state index in [9.17, 15) is 14.7 Å². The number of hydrogen-bond acceptors (Lipinski definition) is 4. The van der Waals surface area contributed by atoms with E-state index in [1.807, 2.05) is 13.8 Å². The standard InChI is InChI=1S/C17H23N3O4/c1-3-24-14-13(7-11(2)8-18-14)19-16(23)20-9-12-5-4-6-17(12,10-20)15(21)22/h7-8,12H,3-6,9-10H2,1-2H3,(H,19,23)(H,21,22)/t12-,17+/m0/s1. The van der Waals surface area contributed by atoms with Gasteiger partial charge in [0.1, 0.15) is 5.69 Å². The summed E-state index contributed by atoms with van der Waals surface area (Å²) in [4.78, 5) is 30.1. The van der Waals surface area contributed by atoms with Gasteiger partial charge < -0.3 is 20.1 Å². The summed E-state index contributed by atoms with van der Waals surface area (Å²) in [6.07, 6.45) is 4.11. The van der Waals surface area contributed by atoms with Gasteiger partial charge in [-0.25, -0.2) is 9.78 Å². The lowest BCUT2D eigenvalue weighted by molar-refractivity contribution is -0.149. The summed E-state index contributed by atoms with van der Waals surface area (Å²) < 4.78 is 5.45. The molecule has 7 heteroatoms. The van der Waals surface area contributed by atoms with Crippen LogP contribution in [-0.4, -0.2) is 46.7 Å². The van der Waals surface area contributed by atoms with Crippen LogP contribution in [0.5, 0.6) is 5.88 Å².